The minimum atomic E-state index is -3.05. The molecule has 0 saturated heterocycles. The van der Waals surface area contributed by atoms with Crippen LogP contribution in [-0.2, 0) is 0 Å². The molecule has 1 rings (SSSR count). The van der Waals surface area contributed by atoms with E-state index in [2.05, 4.69) is 4.74 Å². The molecular weight excluding hydrogens is 228 g/mol. The van der Waals surface area contributed by atoms with E-state index in [9.17, 15) is 13.6 Å². The number of benzene rings is 1. The molecule has 0 radical (unpaired) electrons. The number of halogens is 3. The highest BCUT2D eigenvalue weighted by atomic mass is 35.5. The van der Waals surface area contributed by atoms with Crippen LogP contribution in [0.4, 0.5) is 14.5 Å². The summed E-state index contributed by atoms with van der Waals surface area (Å²) >= 11 is 5.65. The lowest BCUT2D eigenvalue weighted by Gasteiger charge is -2.11. The molecule has 0 fully saturated rings. The van der Waals surface area contributed by atoms with Crippen LogP contribution in [0.1, 0.15) is 17.3 Å². The number of carbonyl (C=O) groups excluding carboxylic acids is 1. The van der Waals surface area contributed by atoms with Gasteiger partial charge in [-0.2, -0.15) is 8.78 Å². The second-order valence-electron chi connectivity index (χ2n) is 2.78. The van der Waals surface area contributed by atoms with Crippen molar-refractivity contribution in [3.05, 3.63) is 22.7 Å². The number of nitrogens with two attached hydrogens (primary N) is 1. The van der Waals surface area contributed by atoms with Crippen LogP contribution in [0, 0.1) is 0 Å². The molecule has 0 aromatic heterocycles. The van der Waals surface area contributed by atoms with E-state index in [-0.39, 0.29) is 22.0 Å². The maximum atomic E-state index is 12.0. The molecule has 2 N–H and O–H groups in total. The lowest BCUT2D eigenvalue weighted by molar-refractivity contribution is -0.0500. The number of hydrogen-bond donors (Lipinski definition) is 1. The van der Waals surface area contributed by atoms with Gasteiger partial charge < -0.3 is 10.5 Å². The highest BCUT2D eigenvalue weighted by Gasteiger charge is 2.18. The van der Waals surface area contributed by atoms with E-state index in [1.165, 1.54) is 19.1 Å². The topological polar surface area (TPSA) is 52.3 Å². The summed E-state index contributed by atoms with van der Waals surface area (Å²) < 4.78 is 28.2. The Morgan fingerprint density at radius 1 is 1.53 bits per heavy atom. The maximum absolute atomic E-state index is 12.0. The Bertz CT molecular complexity index is 396. The smallest absolute Gasteiger partial charge is 0.387 e. The van der Waals surface area contributed by atoms with Crippen LogP contribution in [0.3, 0.4) is 0 Å². The van der Waals surface area contributed by atoms with Crippen molar-refractivity contribution in [1.82, 2.24) is 0 Å². The lowest BCUT2D eigenvalue weighted by atomic mass is 10.1. The molecule has 0 aliphatic rings. The Labute approximate surface area is 89.8 Å². The van der Waals surface area contributed by atoms with Gasteiger partial charge in [0.25, 0.3) is 0 Å². The van der Waals surface area contributed by atoms with Crippen LogP contribution < -0.4 is 10.5 Å². The quantitative estimate of drug-likeness (QED) is 0.647. The molecule has 0 aliphatic heterocycles. The molecule has 0 amide bonds. The van der Waals surface area contributed by atoms with Crippen LogP contribution in [0.25, 0.3) is 0 Å². The maximum Gasteiger partial charge on any atom is 0.387 e. The largest absolute Gasteiger partial charge is 0.432 e. The number of Topliss-reactive ketones (excluding diaryl/α,β-unsaturated/α-hetero) is 1. The normalized spacial score (nSPS) is 10.5. The summed E-state index contributed by atoms with van der Waals surface area (Å²) in [5.74, 6) is -0.799. The zero-order valence-electron chi connectivity index (χ0n) is 7.76. The van der Waals surface area contributed by atoms with E-state index in [1.54, 1.807) is 0 Å². The average molecular weight is 236 g/mol. The third kappa shape index (κ3) is 2.56. The molecule has 0 spiro atoms. The predicted octanol–water partition coefficient (Wildman–Crippen LogP) is 2.73. The molecule has 0 unspecified atom stereocenters. The van der Waals surface area contributed by atoms with E-state index in [0.717, 1.165) is 0 Å². The highest BCUT2D eigenvalue weighted by molar-refractivity contribution is 6.35. The SMILES string of the molecule is CC(=O)c1ccc(N)c(Cl)c1OC(F)F. The number of carbonyl (C=O) groups is 1. The Morgan fingerprint density at radius 3 is 2.60 bits per heavy atom. The van der Waals surface area contributed by atoms with Gasteiger partial charge in [0, 0.05) is 0 Å². The standard InChI is InChI=1S/C9H8ClF2NO2/c1-4(14)5-2-3-6(13)7(10)8(5)15-9(11)12/h2-3,9H,13H2,1H3. The first-order valence-electron chi connectivity index (χ1n) is 3.97. The van der Waals surface area contributed by atoms with Gasteiger partial charge in [0.15, 0.2) is 11.5 Å². The molecule has 0 aliphatic carbocycles. The summed E-state index contributed by atoms with van der Waals surface area (Å²) in [7, 11) is 0. The number of alkyl halides is 2. The monoisotopic (exact) mass is 235 g/mol. The second kappa shape index (κ2) is 4.44. The number of ether oxygens (including phenoxy) is 1. The van der Waals surface area contributed by atoms with Gasteiger partial charge in [0.1, 0.15) is 5.02 Å². The Hall–Kier alpha value is -1.36. The summed E-state index contributed by atoms with van der Waals surface area (Å²) in [4.78, 5) is 11.1. The Kier molecular flexibility index (Phi) is 3.47. The van der Waals surface area contributed by atoms with E-state index in [4.69, 9.17) is 17.3 Å². The van der Waals surface area contributed by atoms with Crippen molar-refractivity contribution in [2.75, 3.05) is 5.73 Å². The van der Waals surface area contributed by atoms with Gasteiger partial charge >= 0.3 is 6.61 Å². The minimum Gasteiger partial charge on any atom is -0.432 e. The second-order valence-corrected chi connectivity index (χ2v) is 3.16. The van der Waals surface area contributed by atoms with E-state index >= 15 is 0 Å². The summed E-state index contributed by atoms with van der Waals surface area (Å²) in [5.41, 5.74) is 5.46. The zero-order valence-corrected chi connectivity index (χ0v) is 8.52. The molecular formula is C9H8ClF2NO2. The predicted molar refractivity (Wildman–Crippen MR) is 52.5 cm³/mol. The average Bonchev–Trinajstić information content (AvgIpc) is 2.12. The fraction of sp³-hybridized carbons (Fsp3) is 0.222. The third-order valence-electron chi connectivity index (χ3n) is 1.71. The van der Waals surface area contributed by atoms with Crippen molar-refractivity contribution in [2.24, 2.45) is 0 Å². The molecule has 0 atom stereocenters. The molecule has 3 nitrogen and oxygen atoms in total. The summed E-state index contributed by atoms with van der Waals surface area (Å²) in [6.45, 7) is -1.83. The summed E-state index contributed by atoms with van der Waals surface area (Å²) in [6, 6.07) is 2.65. The molecule has 82 valence electrons. The molecule has 0 heterocycles. The zero-order chi connectivity index (χ0) is 11.6. The number of anilines is 1. The van der Waals surface area contributed by atoms with Crippen molar-refractivity contribution in [3.63, 3.8) is 0 Å². The first-order valence-corrected chi connectivity index (χ1v) is 4.35. The third-order valence-corrected chi connectivity index (χ3v) is 2.10. The van der Waals surface area contributed by atoms with Crippen molar-refractivity contribution in [3.8, 4) is 5.75 Å². The van der Waals surface area contributed by atoms with Gasteiger partial charge in [-0.1, -0.05) is 11.6 Å². The van der Waals surface area contributed by atoms with Gasteiger partial charge in [-0.15, -0.1) is 0 Å². The van der Waals surface area contributed by atoms with Gasteiger partial charge in [-0.05, 0) is 19.1 Å². The van der Waals surface area contributed by atoms with E-state index in [0.29, 0.717) is 0 Å². The van der Waals surface area contributed by atoms with Crippen LogP contribution >= 0.6 is 11.6 Å². The minimum absolute atomic E-state index is 0.0190. The number of hydrogen-bond acceptors (Lipinski definition) is 3. The Morgan fingerprint density at radius 2 is 2.13 bits per heavy atom. The van der Waals surface area contributed by atoms with Crippen molar-refractivity contribution < 1.29 is 18.3 Å². The first kappa shape index (κ1) is 11.7. The van der Waals surface area contributed by atoms with E-state index < -0.39 is 12.4 Å². The fourth-order valence-corrected chi connectivity index (χ4v) is 1.26. The number of rotatable bonds is 3. The summed E-state index contributed by atoms with van der Waals surface area (Å²) in [5, 5.41) is -0.178. The van der Waals surface area contributed by atoms with Gasteiger partial charge in [-0.25, -0.2) is 0 Å². The fourth-order valence-electron chi connectivity index (χ4n) is 1.05. The van der Waals surface area contributed by atoms with Gasteiger partial charge in [0.05, 0.1) is 11.3 Å². The van der Waals surface area contributed by atoms with Crippen LogP contribution in [-0.4, -0.2) is 12.4 Å². The first-order chi connectivity index (χ1) is 6.93. The number of ketones is 1. The van der Waals surface area contributed by atoms with Crippen molar-refractivity contribution >= 4 is 23.1 Å². The van der Waals surface area contributed by atoms with Gasteiger partial charge in [-0.3, -0.25) is 4.79 Å². The highest BCUT2D eigenvalue weighted by Crippen LogP contribution is 2.35. The van der Waals surface area contributed by atoms with Crippen molar-refractivity contribution in [1.29, 1.82) is 0 Å². The lowest BCUT2D eigenvalue weighted by Crippen LogP contribution is -2.08. The molecule has 0 bridgehead atoms. The molecule has 1 aromatic carbocycles. The van der Waals surface area contributed by atoms with E-state index in [1.807, 2.05) is 0 Å². The molecule has 1 aromatic rings. The molecule has 0 saturated carbocycles. The van der Waals surface area contributed by atoms with Crippen LogP contribution in [0.5, 0.6) is 5.75 Å². The van der Waals surface area contributed by atoms with Gasteiger partial charge in [0.2, 0.25) is 0 Å². The van der Waals surface area contributed by atoms with Crippen LogP contribution in [0.2, 0.25) is 5.02 Å². The van der Waals surface area contributed by atoms with Crippen LogP contribution in [0.15, 0.2) is 12.1 Å². The summed E-state index contributed by atoms with van der Waals surface area (Å²) in [6.07, 6.45) is 0. The Balaban J connectivity index is 3.28. The molecule has 6 heteroatoms. The van der Waals surface area contributed by atoms with Crippen molar-refractivity contribution in [2.45, 2.75) is 13.5 Å². The molecule has 15 heavy (non-hydrogen) atoms. The number of nitrogen functional groups attached to an aromatic ring is 1.